The molecule has 4 nitrogen and oxygen atoms in total. The molecule has 2 N–H and O–H groups in total. The van der Waals surface area contributed by atoms with Crippen LogP contribution in [0.4, 0.5) is 5.69 Å². The second-order valence-corrected chi connectivity index (χ2v) is 5.86. The summed E-state index contributed by atoms with van der Waals surface area (Å²) in [6.07, 6.45) is 0. The van der Waals surface area contributed by atoms with Crippen molar-refractivity contribution in [3.8, 4) is 0 Å². The minimum Gasteiger partial charge on any atom is -0.478 e. The maximum absolute atomic E-state index is 11.9. The summed E-state index contributed by atoms with van der Waals surface area (Å²) in [6.45, 7) is 0. The molecule has 19 heavy (non-hydrogen) atoms. The first-order chi connectivity index (χ1) is 8.97. The van der Waals surface area contributed by atoms with Crippen molar-refractivity contribution in [2.45, 2.75) is 0 Å². The number of hydrogen-bond acceptors (Lipinski definition) is 3. The molecule has 1 aromatic carbocycles. The summed E-state index contributed by atoms with van der Waals surface area (Å²) in [5.41, 5.74) is 0.918. The Morgan fingerprint density at radius 2 is 1.79 bits per heavy atom. The lowest BCUT2D eigenvalue weighted by Crippen LogP contribution is -2.11. The van der Waals surface area contributed by atoms with Gasteiger partial charge in [-0.1, -0.05) is 23.2 Å². The molecule has 0 aliphatic heterocycles. The third kappa shape index (κ3) is 3.26. The van der Waals surface area contributed by atoms with Gasteiger partial charge in [-0.05, 0) is 30.3 Å². The first-order valence-electron chi connectivity index (χ1n) is 5.07. The van der Waals surface area contributed by atoms with Gasteiger partial charge in [-0.15, -0.1) is 11.3 Å². The van der Waals surface area contributed by atoms with Gasteiger partial charge in [0.05, 0.1) is 15.5 Å². The molecule has 1 amide bonds. The fraction of sp³-hybridized carbons (Fsp3) is 0. The van der Waals surface area contributed by atoms with Crippen molar-refractivity contribution < 1.29 is 14.7 Å². The van der Waals surface area contributed by atoms with Gasteiger partial charge in [0, 0.05) is 5.69 Å². The van der Waals surface area contributed by atoms with Gasteiger partial charge in [0.2, 0.25) is 0 Å². The van der Waals surface area contributed by atoms with Crippen molar-refractivity contribution in [3.63, 3.8) is 0 Å². The van der Waals surface area contributed by atoms with Crippen LogP contribution in [0.2, 0.25) is 8.67 Å². The highest BCUT2D eigenvalue weighted by Crippen LogP contribution is 2.31. The zero-order valence-electron chi connectivity index (χ0n) is 9.31. The highest BCUT2D eigenvalue weighted by Gasteiger charge is 2.14. The molecular formula is C12H7Cl2NO3S. The zero-order valence-corrected chi connectivity index (χ0v) is 11.6. The monoisotopic (exact) mass is 315 g/mol. The van der Waals surface area contributed by atoms with Crippen LogP contribution in [0.15, 0.2) is 30.3 Å². The lowest BCUT2D eigenvalue weighted by Gasteiger charge is -2.04. The Labute approximate surface area is 122 Å². The summed E-state index contributed by atoms with van der Waals surface area (Å²) in [6, 6.07) is 7.29. The quantitative estimate of drug-likeness (QED) is 0.899. The molecule has 2 rings (SSSR count). The summed E-state index contributed by atoms with van der Waals surface area (Å²) in [4.78, 5) is 22.6. The van der Waals surface area contributed by atoms with Crippen molar-refractivity contribution in [1.82, 2.24) is 0 Å². The Hall–Kier alpha value is -1.56. The van der Waals surface area contributed by atoms with E-state index in [0.29, 0.717) is 19.9 Å². The molecular weight excluding hydrogens is 309 g/mol. The normalized spacial score (nSPS) is 10.2. The van der Waals surface area contributed by atoms with Gasteiger partial charge in [-0.2, -0.15) is 0 Å². The Balaban J connectivity index is 2.15. The summed E-state index contributed by atoms with van der Waals surface area (Å²) in [5, 5.41) is 11.4. The number of thiophene rings is 1. The number of aromatic carboxylic acids is 1. The Morgan fingerprint density at radius 3 is 2.26 bits per heavy atom. The molecule has 0 aliphatic carbocycles. The predicted molar refractivity (Wildman–Crippen MR) is 75.7 cm³/mol. The van der Waals surface area contributed by atoms with Gasteiger partial charge < -0.3 is 10.4 Å². The van der Waals surface area contributed by atoms with Crippen LogP contribution in [-0.2, 0) is 0 Å². The molecule has 0 saturated heterocycles. The smallest absolute Gasteiger partial charge is 0.335 e. The molecule has 0 bridgehead atoms. The van der Waals surface area contributed by atoms with Crippen LogP contribution in [0.3, 0.4) is 0 Å². The topological polar surface area (TPSA) is 66.4 Å². The van der Waals surface area contributed by atoms with Crippen molar-refractivity contribution in [2.75, 3.05) is 5.32 Å². The largest absolute Gasteiger partial charge is 0.478 e. The summed E-state index contributed by atoms with van der Waals surface area (Å²) in [5.74, 6) is -1.42. The zero-order chi connectivity index (χ0) is 14.0. The molecule has 0 aliphatic rings. The van der Waals surface area contributed by atoms with E-state index in [1.165, 1.54) is 30.3 Å². The van der Waals surface area contributed by atoms with Crippen LogP contribution in [0, 0.1) is 0 Å². The highest BCUT2D eigenvalue weighted by molar-refractivity contribution is 7.20. The molecule has 0 radical (unpaired) electrons. The number of carboxylic acids is 1. The first-order valence-corrected chi connectivity index (χ1v) is 6.64. The predicted octanol–water partition coefficient (Wildman–Crippen LogP) is 4.01. The molecule has 0 atom stereocenters. The van der Waals surface area contributed by atoms with E-state index < -0.39 is 11.9 Å². The number of carboxylic acid groups (broad SMARTS) is 1. The van der Waals surface area contributed by atoms with Crippen LogP contribution in [0.5, 0.6) is 0 Å². The number of halogens is 2. The van der Waals surface area contributed by atoms with E-state index in [0.717, 1.165) is 11.3 Å². The Kier molecular flexibility index (Phi) is 4.09. The average Bonchev–Trinajstić information content (AvgIpc) is 2.69. The van der Waals surface area contributed by atoms with E-state index in [-0.39, 0.29) is 5.56 Å². The minimum absolute atomic E-state index is 0.148. The number of rotatable bonds is 3. The van der Waals surface area contributed by atoms with Gasteiger partial charge in [0.25, 0.3) is 5.91 Å². The van der Waals surface area contributed by atoms with E-state index in [1.54, 1.807) is 0 Å². The highest BCUT2D eigenvalue weighted by atomic mass is 35.5. The second kappa shape index (κ2) is 5.61. The summed E-state index contributed by atoms with van der Waals surface area (Å²) < 4.78 is 0.737. The molecule has 0 spiro atoms. The van der Waals surface area contributed by atoms with E-state index >= 15 is 0 Å². The number of hydrogen-bond donors (Lipinski definition) is 2. The van der Waals surface area contributed by atoms with Crippen LogP contribution in [0.25, 0.3) is 0 Å². The van der Waals surface area contributed by atoms with Gasteiger partial charge in [0.15, 0.2) is 0 Å². The van der Waals surface area contributed by atoms with E-state index in [2.05, 4.69) is 5.32 Å². The number of carbonyl (C=O) groups is 2. The van der Waals surface area contributed by atoms with E-state index in [4.69, 9.17) is 28.3 Å². The van der Waals surface area contributed by atoms with Crippen molar-refractivity contribution in [2.24, 2.45) is 0 Å². The molecule has 7 heteroatoms. The molecule has 98 valence electrons. The number of amides is 1. The van der Waals surface area contributed by atoms with Crippen molar-refractivity contribution >= 4 is 52.1 Å². The van der Waals surface area contributed by atoms with Crippen LogP contribution in [0.1, 0.15) is 20.7 Å². The third-order valence-electron chi connectivity index (χ3n) is 2.29. The lowest BCUT2D eigenvalue weighted by atomic mass is 10.2. The maximum Gasteiger partial charge on any atom is 0.335 e. The summed E-state index contributed by atoms with van der Waals surface area (Å²) >= 11 is 12.7. The third-order valence-corrected chi connectivity index (χ3v) is 3.78. The average molecular weight is 316 g/mol. The number of anilines is 1. The second-order valence-electron chi connectivity index (χ2n) is 3.57. The molecule has 0 fully saturated rings. The maximum atomic E-state index is 11.9. The molecule has 1 heterocycles. The standard InChI is InChI=1S/C12H7Cl2NO3S/c13-9-5-8(10(14)19-9)11(16)15-7-3-1-6(2-4-7)12(17)18/h1-5H,(H,15,16)(H,17,18). The van der Waals surface area contributed by atoms with Crippen molar-refractivity contribution in [3.05, 3.63) is 50.1 Å². The summed E-state index contributed by atoms with van der Waals surface area (Å²) in [7, 11) is 0. The Morgan fingerprint density at radius 1 is 1.16 bits per heavy atom. The number of nitrogens with one attached hydrogen (secondary N) is 1. The molecule has 1 aromatic heterocycles. The van der Waals surface area contributed by atoms with Gasteiger partial charge >= 0.3 is 5.97 Å². The van der Waals surface area contributed by atoms with Gasteiger partial charge in [-0.3, -0.25) is 4.79 Å². The van der Waals surface area contributed by atoms with Gasteiger partial charge in [0.1, 0.15) is 4.34 Å². The Bertz CT molecular complexity index is 637. The SMILES string of the molecule is O=C(O)c1ccc(NC(=O)c2cc(Cl)sc2Cl)cc1. The first kappa shape index (κ1) is 13.9. The van der Waals surface area contributed by atoms with Crippen LogP contribution >= 0.6 is 34.5 Å². The fourth-order valence-corrected chi connectivity index (χ4v) is 2.85. The minimum atomic E-state index is -1.02. The van der Waals surface area contributed by atoms with E-state index in [9.17, 15) is 9.59 Å². The van der Waals surface area contributed by atoms with Gasteiger partial charge in [-0.25, -0.2) is 4.79 Å². The molecule has 2 aromatic rings. The van der Waals surface area contributed by atoms with Crippen LogP contribution < -0.4 is 5.32 Å². The fourth-order valence-electron chi connectivity index (χ4n) is 1.39. The molecule has 0 unspecified atom stereocenters. The lowest BCUT2D eigenvalue weighted by molar-refractivity contribution is 0.0696. The molecule has 0 saturated carbocycles. The van der Waals surface area contributed by atoms with E-state index in [1.807, 2.05) is 0 Å². The number of benzene rings is 1. The van der Waals surface area contributed by atoms with Crippen molar-refractivity contribution in [1.29, 1.82) is 0 Å². The number of carbonyl (C=O) groups excluding carboxylic acids is 1. The van der Waals surface area contributed by atoms with Crippen LogP contribution in [-0.4, -0.2) is 17.0 Å².